The first kappa shape index (κ1) is 34.8. The first-order valence-electron chi connectivity index (χ1n) is 16.6. The first-order chi connectivity index (χ1) is 24.0. The van der Waals surface area contributed by atoms with Crippen molar-refractivity contribution < 1.29 is 28.2 Å². The van der Waals surface area contributed by atoms with Crippen LogP contribution in [0.15, 0.2) is 79.5 Å². The van der Waals surface area contributed by atoms with Crippen molar-refractivity contribution in [3.63, 3.8) is 0 Å². The number of carbonyl (C=O) groups is 1. The van der Waals surface area contributed by atoms with Crippen LogP contribution in [0.2, 0.25) is 0 Å². The summed E-state index contributed by atoms with van der Waals surface area (Å²) in [5.74, 6) is -1.42. The number of aliphatic hydroxyl groups is 2. The van der Waals surface area contributed by atoms with E-state index in [9.17, 15) is 28.2 Å². The Labute approximate surface area is 287 Å². The van der Waals surface area contributed by atoms with Crippen LogP contribution < -0.4 is 10.6 Å². The van der Waals surface area contributed by atoms with Gasteiger partial charge in [-0.1, -0.05) is 67.6 Å². The third-order valence-electron chi connectivity index (χ3n) is 9.07. The Hall–Kier alpha value is -5.02. The molecule has 4 N–H and O–H groups in total. The molecule has 1 saturated carbocycles. The van der Waals surface area contributed by atoms with Crippen LogP contribution in [-0.4, -0.2) is 94.2 Å². The largest absolute Gasteiger partial charge is 0.471 e. The summed E-state index contributed by atoms with van der Waals surface area (Å²) < 4.78 is 44.0. The Morgan fingerprint density at radius 2 is 1.66 bits per heavy atom. The van der Waals surface area contributed by atoms with E-state index >= 15 is 0 Å². The van der Waals surface area contributed by atoms with E-state index in [-0.39, 0.29) is 31.3 Å². The maximum atomic E-state index is 13.5. The second-order valence-corrected chi connectivity index (χ2v) is 12.5. The molecule has 0 spiro atoms. The van der Waals surface area contributed by atoms with Crippen molar-refractivity contribution in [3.8, 4) is 0 Å². The minimum atomic E-state index is -5.12. The van der Waals surface area contributed by atoms with Gasteiger partial charge < -0.3 is 34.9 Å². The molecular weight excluding hydrogens is 651 g/mol. The number of hydrogen-bond acceptors (Lipinski definition) is 9. The fraction of sp³-hybridized carbons (Fsp3) is 0.400. The molecule has 0 radical (unpaired) electrons. The average Bonchev–Trinajstić information content (AvgIpc) is 3.81. The van der Waals surface area contributed by atoms with Gasteiger partial charge in [-0.3, -0.25) is 4.79 Å². The van der Waals surface area contributed by atoms with Crippen molar-refractivity contribution >= 4 is 28.8 Å². The number of imidazole rings is 2. The lowest BCUT2D eigenvalue weighted by Crippen LogP contribution is -2.51. The highest BCUT2D eigenvalue weighted by atomic mass is 19.4. The van der Waals surface area contributed by atoms with Gasteiger partial charge in [0.2, 0.25) is 5.95 Å². The minimum absolute atomic E-state index is 0.0478. The van der Waals surface area contributed by atoms with Crippen molar-refractivity contribution in [3.05, 3.63) is 96.3 Å². The zero-order chi connectivity index (χ0) is 35.4. The number of amides is 1. The number of alkyl halides is 3. The summed E-state index contributed by atoms with van der Waals surface area (Å²) in [7, 11) is 1.89. The third-order valence-corrected chi connectivity index (χ3v) is 9.07. The Balaban J connectivity index is 1.34. The predicted molar refractivity (Wildman–Crippen MR) is 181 cm³/mol. The summed E-state index contributed by atoms with van der Waals surface area (Å²) in [6.07, 6.45) is -2.49. The molecule has 3 heterocycles. The molecule has 12 nitrogen and oxygen atoms in total. The molecule has 0 unspecified atom stereocenters. The van der Waals surface area contributed by atoms with Crippen LogP contribution in [0.1, 0.15) is 48.5 Å². The molecule has 1 aliphatic carbocycles. The second kappa shape index (κ2) is 14.8. The Morgan fingerprint density at radius 3 is 2.26 bits per heavy atom. The molecule has 6 rings (SSSR count). The first-order valence-corrected chi connectivity index (χ1v) is 16.6. The summed E-state index contributed by atoms with van der Waals surface area (Å²) in [4.78, 5) is 31.4. The number of nitrogens with zero attached hydrogens (tertiary/aromatic N) is 7. The van der Waals surface area contributed by atoms with E-state index in [0.29, 0.717) is 41.4 Å². The van der Waals surface area contributed by atoms with Crippen molar-refractivity contribution in [1.82, 2.24) is 34.0 Å². The number of aliphatic hydroxyl groups excluding tert-OH is 2. The molecule has 1 aliphatic rings. The Morgan fingerprint density at radius 1 is 0.980 bits per heavy atom. The fourth-order valence-electron chi connectivity index (χ4n) is 6.65. The highest BCUT2D eigenvalue weighted by Crippen LogP contribution is 2.38. The van der Waals surface area contributed by atoms with Crippen molar-refractivity contribution in [2.75, 3.05) is 30.3 Å². The van der Waals surface area contributed by atoms with Crippen LogP contribution in [0.3, 0.4) is 0 Å². The van der Waals surface area contributed by atoms with E-state index in [4.69, 9.17) is 9.97 Å². The van der Waals surface area contributed by atoms with Crippen LogP contribution >= 0.6 is 0 Å². The lowest BCUT2D eigenvalue weighted by Gasteiger charge is -2.31. The standard InChI is InChI=1S/C35H40F3N9O3/c1-3-16-46(33(50)35(36,37)38)26-17-27(30(49)29(26)48)47-21-42-28-31(43-34(44-32(28)47)39-15-14-24-19-45(2)20-41-24)40-18-25(22-10-6-4-7-11-22)23-12-8-5-9-13-23/h4-13,19-21,25-27,29-30,48-49H,3,14-18H2,1-2H3,(H2,39,40,43,44)/t26-,27+,29+,30-/m0/s1. The van der Waals surface area contributed by atoms with E-state index < -0.39 is 36.4 Å². The van der Waals surface area contributed by atoms with Crippen molar-refractivity contribution in [1.29, 1.82) is 0 Å². The SMILES string of the molecule is CCCN(C(=O)C(F)(F)F)[C@H]1C[C@@H](n2cnc3c(NCC(c4ccccc4)c4ccccc4)nc(NCCc4cn(C)cn4)nc32)[C@H](O)[C@@H]1O. The molecule has 5 aromatic rings. The highest BCUT2D eigenvalue weighted by molar-refractivity contribution is 5.85. The van der Waals surface area contributed by atoms with Crippen LogP contribution in [0.5, 0.6) is 0 Å². The number of aromatic nitrogens is 6. The van der Waals surface area contributed by atoms with E-state index in [1.165, 1.54) is 6.33 Å². The fourth-order valence-corrected chi connectivity index (χ4v) is 6.65. The van der Waals surface area contributed by atoms with Gasteiger partial charge in [-0.15, -0.1) is 0 Å². The molecule has 1 amide bonds. The molecule has 0 bridgehead atoms. The summed E-state index contributed by atoms with van der Waals surface area (Å²) in [5.41, 5.74) is 3.74. The van der Waals surface area contributed by atoms with Gasteiger partial charge in [0.15, 0.2) is 17.0 Å². The number of anilines is 2. The number of rotatable bonds is 13. The molecule has 50 heavy (non-hydrogen) atoms. The smallest absolute Gasteiger partial charge is 0.388 e. The average molecular weight is 692 g/mol. The van der Waals surface area contributed by atoms with Gasteiger partial charge in [0.25, 0.3) is 0 Å². The number of fused-ring (bicyclic) bond motifs is 1. The van der Waals surface area contributed by atoms with Gasteiger partial charge in [0, 0.05) is 45.2 Å². The molecule has 0 aliphatic heterocycles. The molecule has 2 aromatic carbocycles. The Bertz CT molecular complexity index is 1840. The molecule has 4 atom stereocenters. The van der Waals surface area contributed by atoms with Crippen LogP contribution in [-0.2, 0) is 18.3 Å². The lowest BCUT2D eigenvalue weighted by atomic mass is 9.91. The minimum Gasteiger partial charge on any atom is -0.388 e. The Kier molecular flexibility index (Phi) is 10.3. The van der Waals surface area contributed by atoms with Crippen molar-refractivity contribution in [2.45, 2.75) is 62.6 Å². The molecule has 15 heteroatoms. The summed E-state index contributed by atoms with van der Waals surface area (Å²) in [6, 6.07) is 17.9. The summed E-state index contributed by atoms with van der Waals surface area (Å²) in [6.45, 7) is 2.31. The van der Waals surface area contributed by atoms with Gasteiger partial charge in [0.05, 0.1) is 30.4 Å². The zero-order valence-electron chi connectivity index (χ0n) is 27.7. The van der Waals surface area contributed by atoms with E-state index in [1.54, 1.807) is 17.8 Å². The number of halogens is 3. The molecule has 3 aromatic heterocycles. The zero-order valence-corrected chi connectivity index (χ0v) is 27.7. The van der Waals surface area contributed by atoms with E-state index in [2.05, 4.69) is 44.9 Å². The quantitative estimate of drug-likeness (QED) is 0.142. The number of aryl methyl sites for hydroxylation is 1. The van der Waals surface area contributed by atoms with Gasteiger partial charge >= 0.3 is 12.1 Å². The normalized spacial score (nSPS) is 19.3. The monoisotopic (exact) mass is 691 g/mol. The highest BCUT2D eigenvalue weighted by Gasteiger charge is 2.51. The molecule has 1 fully saturated rings. The third kappa shape index (κ3) is 7.43. The predicted octanol–water partition coefficient (Wildman–Crippen LogP) is 4.29. The molecule has 264 valence electrons. The van der Waals surface area contributed by atoms with Gasteiger partial charge in [-0.25, -0.2) is 9.97 Å². The summed E-state index contributed by atoms with van der Waals surface area (Å²) in [5, 5.41) is 28.9. The van der Waals surface area contributed by atoms with Gasteiger partial charge in [-0.05, 0) is 24.0 Å². The van der Waals surface area contributed by atoms with Crippen LogP contribution in [0.4, 0.5) is 24.9 Å². The number of carbonyl (C=O) groups excluding carboxylic acids is 1. The van der Waals surface area contributed by atoms with Gasteiger partial charge in [-0.2, -0.15) is 23.1 Å². The molecular formula is C35H40F3N9O3. The van der Waals surface area contributed by atoms with Crippen LogP contribution in [0, 0.1) is 0 Å². The lowest BCUT2D eigenvalue weighted by molar-refractivity contribution is -0.190. The number of benzene rings is 2. The maximum Gasteiger partial charge on any atom is 0.471 e. The maximum absolute atomic E-state index is 13.5. The summed E-state index contributed by atoms with van der Waals surface area (Å²) >= 11 is 0. The topological polar surface area (TPSA) is 146 Å². The van der Waals surface area contributed by atoms with Gasteiger partial charge in [0.1, 0.15) is 12.2 Å². The van der Waals surface area contributed by atoms with E-state index in [1.807, 2.05) is 54.2 Å². The number of nitrogens with one attached hydrogen (secondary N) is 2. The number of hydrogen-bond donors (Lipinski definition) is 4. The molecule has 0 saturated heterocycles. The van der Waals surface area contributed by atoms with Crippen LogP contribution in [0.25, 0.3) is 11.2 Å². The van der Waals surface area contributed by atoms with E-state index in [0.717, 1.165) is 16.8 Å². The van der Waals surface area contributed by atoms with Crippen molar-refractivity contribution in [2.24, 2.45) is 7.05 Å². The second-order valence-electron chi connectivity index (χ2n) is 12.5.